The Balaban J connectivity index is 2.46. The molecule has 4 nitrogen and oxygen atoms in total. The molecule has 0 aromatic carbocycles. The van der Waals surface area contributed by atoms with Crippen LogP contribution in [0.3, 0.4) is 0 Å². The van der Waals surface area contributed by atoms with Crippen LogP contribution in [0.1, 0.15) is 10.7 Å². The van der Waals surface area contributed by atoms with Crippen molar-refractivity contribution in [3.63, 3.8) is 0 Å². The first-order valence-corrected chi connectivity index (χ1v) is 4.85. The van der Waals surface area contributed by atoms with E-state index in [0.717, 1.165) is 0 Å². The summed E-state index contributed by atoms with van der Waals surface area (Å²) in [6.45, 7) is 0.331. The molecule has 0 spiro atoms. The van der Waals surface area contributed by atoms with Crippen molar-refractivity contribution in [2.45, 2.75) is 6.54 Å². The van der Waals surface area contributed by atoms with Gasteiger partial charge in [-0.1, -0.05) is 0 Å². The molecule has 0 fully saturated rings. The number of carbonyl (C=O) groups excluding carboxylic acids is 1. The smallest absolute Gasteiger partial charge is 0.235 e. The van der Waals surface area contributed by atoms with Crippen LogP contribution in [-0.2, 0) is 11.3 Å². The van der Waals surface area contributed by atoms with E-state index in [0.29, 0.717) is 17.2 Å². The summed E-state index contributed by atoms with van der Waals surface area (Å²) in [7, 11) is 0. The largest absolute Gasteiger partial charge is 0.349 e. The van der Waals surface area contributed by atoms with Crippen molar-refractivity contribution in [1.29, 1.82) is 5.26 Å². The number of nitrogens with zero attached hydrogens (tertiary/aromatic N) is 2. The maximum Gasteiger partial charge on any atom is 0.235 e. The maximum atomic E-state index is 10.7. The highest BCUT2D eigenvalue weighted by Gasteiger charge is 2.02. The first-order valence-electron chi connectivity index (χ1n) is 3.43. The average molecular weight is 216 g/mol. The number of nitrogens with one attached hydrogen (secondary N) is 1. The molecule has 1 aromatic heterocycles. The number of rotatable bonds is 3. The molecule has 1 amide bonds. The molecule has 1 aromatic rings. The van der Waals surface area contributed by atoms with Gasteiger partial charge in [0.25, 0.3) is 0 Å². The van der Waals surface area contributed by atoms with Gasteiger partial charge in [0.05, 0.1) is 6.54 Å². The maximum absolute atomic E-state index is 10.7. The van der Waals surface area contributed by atoms with Crippen molar-refractivity contribution in [3.05, 3.63) is 16.1 Å². The molecule has 0 aliphatic rings. The van der Waals surface area contributed by atoms with Gasteiger partial charge in [-0.25, -0.2) is 4.98 Å². The summed E-state index contributed by atoms with van der Waals surface area (Å²) in [5, 5.41) is 13.4. The molecule has 6 heteroatoms. The predicted octanol–water partition coefficient (Wildman–Crippen LogP) is 0.870. The van der Waals surface area contributed by atoms with Gasteiger partial charge in [-0.3, -0.25) is 4.79 Å². The SMILES string of the molecule is N#Cc1csc(CNC(=O)CCl)n1. The highest BCUT2D eigenvalue weighted by Crippen LogP contribution is 2.07. The fourth-order valence-corrected chi connectivity index (χ4v) is 1.42. The van der Waals surface area contributed by atoms with Crippen molar-refractivity contribution in [2.75, 3.05) is 5.88 Å². The van der Waals surface area contributed by atoms with Crippen LogP contribution in [0.15, 0.2) is 5.38 Å². The summed E-state index contributed by atoms with van der Waals surface area (Å²) in [6.07, 6.45) is 0. The highest BCUT2D eigenvalue weighted by molar-refractivity contribution is 7.09. The first kappa shape index (κ1) is 9.96. The zero-order chi connectivity index (χ0) is 9.68. The van der Waals surface area contributed by atoms with Crippen molar-refractivity contribution in [3.8, 4) is 6.07 Å². The van der Waals surface area contributed by atoms with Crippen molar-refractivity contribution in [2.24, 2.45) is 0 Å². The Morgan fingerprint density at radius 2 is 2.62 bits per heavy atom. The second-order valence-corrected chi connectivity index (χ2v) is 3.36. The number of hydrogen-bond donors (Lipinski definition) is 1. The van der Waals surface area contributed by atoms with Gasteiger partial charge in [0.15, 0.2) is 5.69 Å². The number of hydrogen-bond acceptors (Lipinski definition) is 4. The second kappa shape index (κ2) is 4.80. The number of nitriles is 1. The van der Waals surface area contributed by atoms with Gasteiger partial charge in [-0.15, -0.1) is 22.9 Å². The topological polar surface area (TPSA) is 65.8 Å². The third-order valence-corrected chi connectivity index (χ3v) is 2.32. The normalized spacial score (nSPS) is 9.23. The van der Waals surface area contributed by atoms with Gasteiger partial charge in [0, 0.05) is 5.38 Å². The minimum atomic E-state index is -0.240. The van der Waals surface area contributed by atoms with E-state index in [9.17, 15) is 4.79 Å². The van der Waals surface area contributed by atoms with Crippen LogP contribution < -0.4 is 5.32 Å². The lowest BCUT2D eigenvalue weighted by Gasteiger charge is -1.97. The van der Waals surface area contributed by atoms with Crippen LogP contribution >= 0.6 is 22.9 Å². The Labute approximate surface area is 84.2 Å². The summed E-state index contributed by atoms with van der Waals surface area (Å²) in [6, 6.07) is 1.91. The average Bonchev–Trinajstić information content (AvgIpc) is 2.61. The molecular formula is C7H6ClN3OS. The molecule has 0 saturated carbocycles. The third kappa shape index (κ3) is 3.01. The van der Waals surface area contributed by atoms with Crippen LogP contribution in [0.25, 0.3) is 0 Å². The van der Waals surface area contributed by atoms with E-state index in [-0.39, 0.29) is 11.8 Å². The second-order valence-electron chi connectivity index (χ2n) is 2.15. The van der Waals surface area contributed by atoms with E-state index in [1.165, 1.54) is 11.3 Å². The monoisotopic (exact) mass is 215 g/mol. The summed E-state index contributed by atoms with van der Waals surface area (Å²) >= 11 is 6.60. The van der Waals surface area contributed by atoms with Gasteiger partial charge in [-0.2, -0.15) is 5.26 Å². The van der Waals surface area contributed by atoms with Gasteiger partial charge < -0.3 is 5.32 Å². The van der Waals surface area contributed by atoms with Crippen LogP contribution in [0.4, 0.5) is 0 Å². The van der Waals surface area contributed by atoms with Crippen molar-refractivity contribution in [1.82, 2.24) is 10.3 Å². The number of amides is 1. The van der Waals surface area contributed by atoms with E-state index in [4.69, 9.17) is 16.9 Å². The van der Waals surface area contributed by atoms with E-state index in [1.807, 2.05) is 6.07 Å². The molecule has 0 saturated heterocycles. The third-order valence-electron chi connectivity index (χ3n) is 1.22. The molecule has 0 aliphatic carbocycles. The van der Waals surface area contributed by atoms with Crippen LogP contribution in [0.2, 0.25) is 0 Å². The molecule has 13 heavy (non-hydrogen) atoms. The molecule has 68 valence electrons. The predicted molar refractivity (Wildman–Crippen MR) is 49.4 cm³/mol. The number of halogens is 1. The highest BCUT2D eigenvalue weighted by atomic mass is 35.5. The number of carbonyl (C=O) groups is 1. The van der Waals surface area contributed by atoms with Crippen molar-refractivity contribution < 1.29 is 4.79 Å². The number of alkyl halides is 1. The molecule has 0 unspecified atom stereocenters. The van der Waals surface area contributed by atoms with E-state index < -0.39 is 0 Å². The lowest BCUT2D eigenvalue weighted by Crippen LogP contribution is -2.23. The van der Waals surface area contributed by atoms with Crippen LogP contribution in [0.5, 0.6) is 0 Å². The standard InChI is InChI=1S/C7H6ClN3OS/c8-1-6(12)10-3-7-11-5(2-9)4-13-7/h4H,1,3H2,(H,10,12). The zero-order valence-corrected chi connectivity index (χ0v) is 8.15. The van der Waals surface area contributed by atoms with Gasteiger partial charge >= 0.3 is 0 Å². The van der Waals surface area contributed by atoms with E-state index in [1.54, 1.807) is 5.38 Å². The van der Waals surface area contributed by atoms with Crippen LogP contribution in [0, 0.1) is 11.3 Å². The molecule has 1 heterocycles. The van der Waals surface area contributed by atoms with E-state index in [2.05, 4.69) is 10.3 Å². The summed E-state index contributed by atoms with van der Waals surface area (Å²) < 4.78 is 0. The first-order chi connectivity index (χ1) is 6.26. The quantitative estimate of drug-likeness (QED) is 0.761. The van der Waals surface area contributed by atoms with Gasteiger partial charge in [-0.05, 0) is 0 Å². The molecule has 0 atom stereocenters. The minimum absolute atomic E-state index is 0.0590. The molecular weight excluding hydrogens is 210 g/mol. The van der Waals surface area contributed by atoms with Gasteiger partial charge in [0.2, 0.25) is 5.91 Å². The minimum Gasteiger partial charge on any atom is -0.349 e. The Bertz CT molecular complexity index is 344. The molecule has 1 N–H and O–H groups in total. The summed E-state index contributed by atoms with van der Waals surface area (Å²) in [5.41, 5.74) is 0.375. The lowest BCUT2D eigenvalue weighted by atomic mass is 10.5. The molecule has 1 rings (SSSR count). The Kier molecular flexibility index (Phi) is 3.68. The van der Waals surface area contributed by atoms with Gasteiger partial charge in [0.1, 0.15) is 17.0 Å². The molecule has 0 aliphatic heterocycles. The Morgan fingerprint density at radius 1 is 1.85 bits per heavy atom. The van der Waals surface area contributed by atoms with E-state index >= 15 is 0 Å². The summed E-state index contributed by atoms with van der Waals surface area (Å²) in [4.78, 5) is 14.7. The molecule has 0 bridgehead atoms. The fraction of sp³-hybridized carbons (Fsp3) is 0.286. The lowest BCUT2D eigenvalue weighted by molar-refractivity contribution is -0.118. The zero-order valence-electron chi connectivity index (χ0n) is 6.58. The molecule has 0 radical (unpaired) electrons. The Morgan fingerprint density at radius 3 is 3.15 bits per heavy atom. The van der Waals surface area contributed by atoms with Crippen molar-refractivity contribution >= 4 is 28.8 Å². The fourth-order valence-electron chi connectivity index (χ4n) is 0.665. The summed E-state index contributed by atoms with van der Waals surface area (Å²) in [5.74, 6) is -0.299. The number of aromatic nitrogens is 1. The number of thiazole rings is 1. The van der Waals surface area contributed by atoms with Crippen LogP contribution in [-0.4, -0.2) is 16.8 Å². The Hall–Kier alpha value is -1.12.